The number of hydrogen-bond acceptors (Lipinski definition) is 6. The minimum absolute atomic E-state index is 0.0186. The summed E-state index contributed by atoms with van der Waals surface area (Å²) in [7, 11) is 2.81. The first-order valence-corrected chi connectivity index (χ1v) is 6.22. The second-order valence-electron chi connectivity index (χ2n) is 4.57. The van der Waals surface area contributed by atoms with Gasteiger partial charge < -0.3 is 14.4 Å². The zero-order valence-corrected chi connectivity index (χ0v) is 11.4. The quantitative estimate of drug-likeness (QED) is 0.473. The predicted molar refractivity (Wildman–Crippen MR) is 72.0 cm³/mol. The highest BCUT2D eigenvalue weighted by Crippen LogP contribution is 2.35. The summed E-state index contributed by atoms with van der Waals surface area (Å²) >= 11 is 0. The maximum Gasteiger partial charge on any atom is 0.310 e. The summed E-state index contributed by atoms with van der Waals surface area (Å²) in [6, 6.07) is 4.71. The highest BCUT2D eigenvalue weighted by atomic mass is 16.6. The molecule has 7 heteroatoms. The molecular weight excluding hydrogens is 264 g/mol. The average Bonchev–Trinajstić information content (AvgIpc) is 2.95. The van der Waals surface area contributed by atoms with E-state index in [1.165, 1.54) is 20.3 Å². The van der Waals surface area contributed by atoms with E-state index in [0.717, 1.165) is 0 Å². The zero-order chi connectivity index (χ0) is 14.7. The van der Waals surface area contributed by atoms with Gasteiger partial charge in [-0.15, -0.1) is 0 Å². The molecule has 20 heavy (non-hydrogen) atoms. The van der Waals surface area contributed by atoms with Crippen LogP contribution in [0.5, 0.6) is 5.75 Å². The number of methoxy groups -OCH3 is 2. The Hall–Kier alpha value is -2.31. The molecule has 1 aliphatic heterocycles. The Morgan fingerprint density at radius 1 is 1.45 bits per heavy atom. The van der Waals surface area contributed by atoms with Gasteiger partial charge in [0, 0.05) is 13.1 Å². The lowest BCUT2D eigenvalue weighted by atomic mass is 10.1. The summed E-state index contributed by atoms with van der Waals surface area (Å²) in [5.41, 5.74) is 0.483. The first-order valence-electron chi connectivity index (χ1n) is 6.22. The smallest absolute Gasteiger partial charge is 0.310 e. The molecular formula is C13H16N2O5. The molecule has 1 aliphatic rings. The SMILES string of the molecule is COC(=O)C1CCN(c2ccc(OC)cc2[N+](=O)[O-])C1. The van der Waals surface area contributed by atoms with E-state index < -0.39 is 4.92 Å². The number of hydrogen-bond donors (Lipinski definition) is 0. The number of esters is 1. The number of carbonyl (C=O) groups is 1. The summed E-state index contributed by atoms with van der Waals surface area (Å²) < 4.78 is 9.72. The summed E-state index contributed by atoms with van der Waals surface area (Å²) in [5, 5.41) is 11.1. The van der Waals surface area contributed by atoms with Gasteiger partial charge in [0.05, 0.1) is 31.1 Å². The van der Waals surface area contributed by atoms with Crippen LogP contribution in [0.25, 0.3) is 0 Å². The Balaban J connectivity index is 2.25. The van der Waals surface area contributed by atoms with E-state index in [2.05, 4.69) is 0 Å². The van der Waals surface area contributed by atoms with E-state index in [1.54, 1.807) is 12.1 Å². The van der Waals surface area contributed by atoms with Crippen LogP contribution in [0.15, 0.2) is 18.2 Å². The van der Waals surface area contributed by atoms with Gasteiger partial charge in [0.2, 0.25) is 0 Å². The van der Waals surface area contributed by atoms with Crippen molar-refractivity contribution in [2.75, 3.05) is 32.2 Å². The molecule has 1 saturated heterocycles. The minimum atomic E-state index is -0.441. The first-order chi connectivity index (χ1) is 9.56. The molecule has 0 spiro atoms. The summed E-state index contributed by atoms with van der Waals surface area (Å²) in [4.78, 5) is 24.0. The van der Waals surface area contributed by atoms with Crippen molar-refractivity contribution in [1.82, 2.24) is 0 Å². The van der Waals surface area contributed by atoms with Crippen LogP contribution < -0.4 is 9.64 Å². The van der Waals surface area contributed by atoms with Crippen LogP contribution in [0.3, 0.4) is 0 Å². The van der Waals surface area contributed by atoms with Gasteiger partial charge in [-0.2, -0.15) is 0 Å². The molecule has 108 valence electrons. The molecule has 0 radical (unpaired) electrons. The van der Waals surface area contributed by atoms with E-state index in [1.807, 2.05) is 4.90 Å². The van der Waals surface area contributed by atoms with Gasteiger partial charge in [-0.1, -0.05) is 0 Å². The van der Waals surface area contributed by atoms with Crippen LogP contribution in [0.4, 0.5) is 11.4 Å². The van der Waals surface area contributed by atoms with E-state index in [-0.39, 0.29) is 17.6 Å². The highest BCUT2D eigenvalue weighted by molar-refractivity contribution is 5.75. The lowest BCUT2D eigenvalue weighted by Gasteiger charge is -2.18. The molecule has 7 nitrogen and oxygen atoms in total. The van der Waals surface area contributed by atoms with Crippen molar-refractivity contribution in [2.24, 2.45) is 5.92 Å². The Bertz CT molecular complexity index is 531. The minimum Gasteiger partial charge on any atom is -0.496 e. The lowest BCUT2D eigenvalue weighted by Crippen LogP contribution is -2.24. The summed E-state index contributed by atoms with van der Waals surface area (Å²) in [5.74, 6) is -0.0745. The molecule has 0 aromatic heterocycles. The van der Waals surface area contributed by atoms with Gasteiger partial charge in [-0.05, 0) is 18.6 Å². The molecule has 0 aliphatic carbocycles. The maximum atomic E-state index is 11.5. The Morgan fingerprint density at radius 2 is 2.20 bits per heavy atom. The molecule has 2 rings (SSSR count). The first kappa shape index (κ1) is 14.1. The molecule has 0 bridgehead atoms. The van der Waals surface area contributed by atoms with Crippen molar-refractivity contribution in [3.63, 3.8) is 0 Å². The van der Waals surface area contributed by atoms with Crippen LogP contribution >= 0.6 is 0 Å². The Labute approximate surface area is 116 Å². The molecule has 1 fully saturated rings. The molecule has 1 unspecified atom stereocenters. The number of nitro benzene ring substituents is 1. The standard InChI is InChI=1S/C13H16N2O5/c1-19-10-3-4-11(12(7-10)15(17)18)14-6-5-9(8-14)13(16)20-2/h3-4,7,9H,5-6,8H2,1-2H3. The largest absolute Gasteiger partial charge is 0.496 e. The monoisotopic (exact) mass is 280 g/mol. The third-order valence-corrected chi connectivity index (χ3v) is 3.44. The van der Waals surface area contributed by atoms with E-state index in [9.17, 15) is 14.9 Å². The van der Waals surface area contributed by atoms with Gasteiger partial charge in [-0.3, -0.25) is 14.9 Å². The highest BCUT2D eigenvalue weighted by Gasteiger charge is 2.32. The van der Waals surface area contributed by atoms with Crippen molar-refractivity contribution in [2.45, 2.75) is 6.42 Å². The lowest BCUT2D eigenvalue weighted by molar-refractivity contribution is -0.384. The third-order valence-electron chi connectivity index (χ3n) is 3.44. The van der Waals surface area contributed by atoms with Crippen molar-refractivity contribution >= 4 is 17.3 Å². The van der Waals surface area contributed by atoms with Crippen LogP contribution in [-0.4, -0.2) is 38.2 Å². The molecule has 0 amide bonds. The number of anilines is 1. The Morgan fingerprint density at radius 3 is 2.80 bits per heavy atom. The van der Waals surface area contributed by atoms with Gasteiger partial charge in [-0.25, -0.2) is 0 Å². The Kier molecular flexibility index (Phi) is 4.07. The van der Waals surface area contributed by atoms with Crippen molar-refractivity contribution < 1.29 is 19.2 Å². The van der Waals surface area contributed by atoms with Gasteiger partial charge in [0.1, 0.15) is 11.4 Å². The van der Waals surface area contributed by atoms with E-state index in [4.69, 9.17) is 9.47 Å². The number of ether oxygens (including phenoxy) is 2. The predicted octanol–water partition coefficient (Wildman–Crippen LogP) is 1.60. The van der Waals surface area contributed by atoms with Gasteiger partial charge >= 0.3 is 5.97 Å². The number of nitro groups is 1. The fourth-order valence-electron chi connectivity index (χ4n) is 2.38. The normalized spacial score (nSPS) is 17.9. The number of carbonyl (C=O) groups excluding carboxylic acids is 1. The van der Waals surface area contributed by atoms with Crippen LogP contribution in [0, 0.1) is 16.0 Å². The van der Waals surface area contributed by atoms with Crippen LogP contribution in [-0.2, 0) is 9.53 Å². The van der Waals surface area contributed by atoms with Crippen LogP contribution in [0.1, 0.15) is 6.42 Å². The van der Waals surface area contributed by atoms with Gasteiger partial charge in [0.15, 0.2) is 0 Å². The van der Waals surface area contributed by atoms with Crippen LogP contribution in [0.2, 0.25) is 0 Å². The molecule has 1 aromatic carbocycles. The zero-order valence-electron chi connectivity index (χ0n) is 11.4. The van der Waals surface area contributed by atoms with Crippen molar-refractivity contribution in [3.8, 4) is 5.75 Å². The van der Waals surface area contributed by atoms with E-state index in [0.29, 0.717) is 30.9 Å². The number of rotatable bonds is 4. The second-order valence-corrected chi connectivity index (χ2v) is 4.57. The fraction of sp³-hybridized carbons (Fsp3) is 0.462. The van der Waals surface area contributed by atoms with Crippen molar-refractivity contribution in [3.05, 3.63) is 28.3 Å². The topological polar surface area (TPSA) is 81.9 Å². The molecule has 1 atom stereocenters. The number of nitrogens with zero attached hydrogens (tertiary/aromatic N) is 2. The maximum absolute atomic E-state index is 11.5. The molecule has 0 saturated carbocycles. The number of benzene rings is 1. The second kappa shape index (κ2) is 5.77. The summed E-state index contributed by atoms with van der Waals surface area (Å²) in [6.07, 6.45) is 0.635. The molecule has 0 N–H and O–H groups in total. The third kappa shape index (κ3) is 2.66. The molecule has 1 heterocycles. The van der Waals surface area contributed by atoms with Crippen molar-refractivity contribution in [1.29, 1.82) is 0 Å². The summed E-state index contributed by atoms with van der Waals surface area (Å²) in [6.45, 7) is 1.02. The van der Waals surface area contributed by atoms with Gasteiger partial charge in [0.25, 0.3) is 5.69 Å². The molecule has 1 aromatic rings. The fourth-order valence-corrected chi connectivity index (χ4v) is 2.38. The van der Waals surface area contributed by atoms with E-state index >= 15 is 0 Å². The average molecular weight is 280 g/mol.